The molecule has 10 nitrogen and oxygen atoms in total. The molecule has 2 amide bonds. The molecular weight excluding hydrogens is 266 g/mol. The van der Waals surface area contributed by atoms with Crippen LogP contribution in [0.25, 0.3) is 0 Å². The molecular formula is C10H13N7O3. The van der Waals surface area contributed by atoms with Gasteiger partial charge in [-0.3, -0.25) is 20.6 Å². The molecule has 0 saturated carbocycles. The first-order chi connectivity index (χ1) is 9.36. The van der Waals surface area contributed by atoms with E-state index in [1.54, 1.807) is 0 Å². The molecule has 3 unspecified atom stereocenters. The van der Waals surface area contributed by atoms with Gasteiger partial charge < -0.3 is 10.8 Å². The van der Waals surface area contributed by atoms with E-state index < -0.39 is 29.6 Å². The van der Waals surface area contributed by atoms with Crippen molar-refractivity contribution in [2.45, 2.75) is 24.7 Å². The lowest BCUT2D eigenvalue weighted by atomic mass is 10.0. The Morgan fingerprint density at radius 3 is 2.75 bits per heavy atom. The molecule has 2 aliphatic rings. The molecule has 0 bridgehead atoms. The summed E-state index contributed by atoms with van der Waals surface area (Å²) in [5.74, 6) is -1.63. The van der Waals surface area contributed by atoms with Gasteiger partial charge in [0.05, 0.1) is 6.10 Å². The van der Waals surface area contributed by atoms with Gasteiger partial charge in [0, 0.05) is 0 Å². The van der Waals surface area contributed by atoms with Crippen LogP contribution in [0, 0.1) is 0 Å². The summed E-state index contributed by atoms with van der Waals surface area (Å²) >= 11 is 0. The molecule has 2 rings (SSSR count). The number of aliphatic imine (C=N–C) groups is 4. The summed E-state index contributed by atoms with van der Waals surface area (Å²) in [4.78, 5) is 38.9. The average molecular weight is 279 g/mol. The second-order valence-corrected chi connectivity index (χ2v) is 4.27. The Kier molecular flexibility index (Phi) is 3.53. The van der Waals surface area contributed by atoms with Crippen LogP contribution in [0.5, 0.6) is 0 Å². The third-order valence-corrected chi connectivity index (χ3v) is 2.79. The van der Waals surface area contributed by atoms with Crippen LogP contribution in [-0.4, -0.2) is 59.0 Å². The Labute approximate surface area is 113 Å². The van der Waals surface area contributed by atoms with Crippen LogP contribution in [-0.2, 0) is 9.59 Å². The lowest BCUT2D eigenvalue weighted by Gasteiger charge is -2.25. The van der Waals surface area contributed by atoms with Gasteiger partial charge in [-0.2, -0.15) is 0 Å². The average Bonchev–Trinajstić information content (AvgIpc) is 2.87. The van der Waals surface area contributed by atoms with Gasteiger partial charge in [-0.25, -0.2) is 20.0 Å². The topological polar surface area (TPSA) is 168 Å². The highest BCUT2D eigenvalue weighted by molar-refractivity contribution is 6.54. The maximum absolute atomic E-state index is 12.1. The second-order valence-electron chi connectivity index (χ2n) is 4.27. The molecule has 0 fully saturated rings. The Morgan fingerprint density at radius 2 is 2.10 bits per heavy atom. The Morgan fingerprint density at radius 1 is 1.40 bits per heavy atom. The molecule has 0 saturated heterocycles. The van der Waals surface area contributed by atoms with Crippen LogP contribution in [0.2, 0.25) is 0 Å². The maximum atomic E-state index is 12.1. The molecule has 106 valence electrons. The maximum Gasteiger partial charge on any atom is 0.275 e. The van der Waals surface area contributed by atoms with Crippen molar-refractivity contribution in [3.8, 4) is 0 Å². The number of amidine groups is 1. The Hall–Kier alpha value is -2.30. The van der Waals surface area contributed by atoms with E-state index in [9.17, 15) is 14.7 Å². The number of imide groups is 1. The van der Waals surface area contributed by atoms with Crippen molar-refractivity contribution < 1.29 is 14.7 Å². The van der Waals surface area contributed by atoms with E-state index in [-0.39, 0.29) is 11.5 Å². The monoisotopic (exact) mass is 279 g/mol. The quantitative estimate of drug-likeness (QED) is 0.428. The minimum absolute atomic E-state index is 0.0379. The predicted molar refractivity (Wildman–Crippen MR) is 71.6 cm³/mol. The minimum Gasteiger partial charge on any atom is -0.391 e. The molecule has 2 heterocycles. The number of carbonyl (C=O) groups is 2. The lowest BCUT2D eigenvalue weighted by molar-refractivity contribution is -0.133. The normalized spacial score (nSPS) is 26.4. The Balaban J connectivity index is 2.16. The molecule has 0 aromatic rings. The van der Waals surface area contributed by atoms with Gasteiger partial charge in [-0.05, 0) is 6.92 Å². The van der Waals surface area contributed by atoms with Crippen molar-refractivity contribution in [3.63, 3.8) is 0 Å². The minimum atomic E-state index is -1.90. The van der Waals surface area contributed by atoms with Gasteiger partial charge in [0.25, 0.3) is 5.91 Å². The number of fused-ring (bicyclic) bond motifs is 1. The van der Waals surface area contributed by atoms with E-state index in [0.717, 1.165) is 6.34 Å². The number of nitrogens with two attached hydrogens (primary N) is 2. The molecule has 10 heteroatoms. The van der Waals surface area contributed by atoms with Crippen LogP contribution < -0.4 is 16.8 Å². The zero-order valence-electron chi connectivity index (χ0n) is 10.5. The molecule has 0 aromatic heterocycles. The number of carbonyl (C=O) groups excluding carboxylic acids is 2. The lowest BCUT2D eigenvalue weighted by Crippen LogP contribution is -2.63. The van der Waals surface area contributed by atoms with Crippen molar-refractivity contribution in [1.29, 1.82) is 0 Å². The molecule has 0 radical (unpaired) electrons. The molecule has 0 spiro atoms. The first-order valence-electron chi connectivity index (χ1n) is 5.67. The van der Waals surface area contributed by atoms with Gasteiger partial charge in [0.2, 0.25) is 11.6 Å². The van der Waals surface area contributed by atoms with Gasteiger partial charge in [-0.15, -0.1) is 0 Å². The molecule has 6 N–H and O–H groups in total. The van der Waals surface area contributed by atoms with Gasteiger partial charge in [0.1, 0.15) is 24.4 Å². The van der Waals surface area contributed by atoms with Crippen molar-refractivity contribution in [2.75, 3.05) is 0 Å². The summed E-state index contributed by atoms with van der Waals surface area (Å²) in [6.45, 7) is 1.32. The fraction of sp³-hybridized carbons (Fsp3) is 0.400. The molecule has 2 aliphatic heterocycles. The summed E-state index contributed by atoms with van der Waals surface area (Å²) in [5, 5.41) is 11.2. The first-order valence-corrected chi connectivity index (χ1v) is 5.67. The number of hydrogen-bond acceptors (Lipinski definition) is 9. The number of amides is 2. The smallest absolute Gasteiger partial charge is 0.275 e. The zero-order chi connectivity index (χ0) is 14.9. The number of nitrogens with one attached hydrogen (secondary N) is 1. The number of aliphatic hydroxyl groups is 1. The van der Waals surface area contributed by atoms with Crippen LogP contribution >= 0.6 is 0 Å². The number of aliphatic hydroxyl groups excluding tert-OH is 1. The molecule has 0 aliphatic carbocycles. The first kappa shape index (κ1) is 14.1. The van der Waals surface area contributed by atoms with E-state index in [0.29, 0.717) is 0 Å². The molecule has 3 atom stereocenters. The van der Waals surface area contributed by atoms with Crippen LogP contribution in [0.3, 0.4) is 0 Å². The highest BCUT2D eigenvalue weighted by Crippen LogP contribution is 2.15. The second kappa shape index (κ2) is 5.00. The number of rotatable bonds is 3. The van der Waals surface area contributed by atoms with Crippen molar-refractivity contribution in [2.24, 2.45) is 31.4 Å². The van der Waals surface area contributed by atoms with E-state index in [1.165, 1.54) is 13.3 Å². The van der Waals surface area contributed by atoms with Crippen LogP contribution in [0.15, 0.2) is 20.0 Å². The summed E-state index contributed by atoms with van der Waals surface area (Å²) in [7, 11) is 0. The van der Waals surface area contributed by atoms with Gasteiger partial charge in [-0.1, -0.05) is 0 Å². The third kappa shape index (κ3) is 2.27. The van der Waals surface area contributed by atoms with Gasteiger partial charge in [0.15, 0.2) is 5.84 Å². The van der Waals surface area contributed by atoms with Crippen LogP contribution in [0.1, 0.15) is 6.92 Å². The third-order valence-electron chi connectivity index (χ3n) is 2.79. The fourth-order valence-electron chi connectivity index (χ4n) is 1.54. The summed E-state index contributed by atoms with van der Waals surface area (Å²) in [6, 6.07) is -1.26. The highest BCUT2D eigenvalue weighted by Gasteiger charge is 2.45. The zero-order valence-corrected chi connectivity index (χ0v) is 10.5. The largest absolute Gasteiger partial charge is 0.391 e. The van der Waals surface area contributed by atoms with Crippen LogP contribution in [0.4, 0.5) is 0 Å². The van der Waals surface area contributed by atoms with Crippen molar-refractivity contribution in [1.82, 2.24) is 5.32 Å². The molecule has 20 heavy (non-hydrogen) atoms. The van der Waals surface area contributed by atoms with E-state index in [1.807, 2.05) is 5.32 Å². The fourth-order valence-corrected chi connectivity index (χ4v) is 1.54. The Bertz CT molecular complexity index is 577. The van der Waals surface area contributed by atoms with E-state index in [2.05, 4.69) is 20.0 Å². The number of hydrogen-bond donors (Lipinski definition) is 4. The van der Waals surface area contributed by atoms with Crippen molar-refractivity contribution >= 4 is 36.0 Å². The van der Waals surface area contributed by atoms with Crippen molar-refractivity contribution in [3.05, 3.63) is 0 Å². The summed E-state index contributed by atoms with van der Waals surface area (Å²) in [6.07, 6.45) is 1.13. The van der Waals surface area contributed by atoms with E-state index in [4.69, 9.17) is 11.5 Å². The predicted octanol–water partition coefficient (Wildman–Crippen LogP) is -3.08. The standard InChI is InChI=1S/C10H13N7O3/c1-4(18)5(11)8(19)17-9(20)10(12)6-7(14-2-13-6)15-3-16-10/h2-5,18H,11-12H2,1H3,(H,17,19,20). The highest BCUT2D eigenvalue weighted by atomic mass is 16.3. The number of nitrogens with zero attached hydrogens (tertiary/aromatic N) is 4. The summed E-state index contributed by atoms with van der Waals surface area (Å²) < 4.78 is 0. The summed E-state index contributed by atoms with van der Waals surface area (Å²) in [5.41, 5.74) is 9.41. The van der Waals surface area contributed by atoms with E-state index >= 15 is 0 Å². The SMILES string of the molecule is CC(O)C(N)C(=O)NC(=O)C1(N)N=CN=C2N=CN=C21. The van der Waals surface area contributed by atoms with Gasteiger partial charge >= 0.3 is 0 Å². The molecule has 0 aromatic carbocycles.